The number of hydrogen-bond donors (Lipinski definition) is 1. The van der Waals surface area contributed by atoms with Crippen LogP contribution in [0.3, 0.4) is 0 Å². The van der Waals surface area contributed by atoms with Crippen LogP contribution in [0.5, 0.6) is 0 Å². The highest BCUT2D eigenvalue weighted by Crippen LogP contribution is 2.14. The first-order chi connectivity index (χ1) is 7.33. The van der Waals surface area contributed by atoms with Gasteiger partial charge in [-0.3, -0.25) is 4.18 Å². The fraction of sp³-hybridized carbons (Fsp3) is 0.222. The highest BCUT2D eigenvalue weighted by molar-refractivity contribution is 7.86. The molecule has 0 radical (unpaired) electrons. The van der Waals surface area contributed by atoms with Crippen molar-refractivity contribution in [3.8, 4) is 0 Å². The van der Waals surface area contributed by atoms with Crippen LogP contribution in [-0.2, 0) is 19.1 Å². The van der Waals surface area contributed by atoms with Gasteiger partial charge < -0.3 is 5.11 Å². The summed E-state index contributed by atoms with van der Waals surface area (Å²) in [6.45, 7) is 1.09. The largest absolute Gasteiger partial charge is 0.479 e. The molecular formula is C9H9FO5S. The van der Waals surface area contributed by atoms with E-state index in [0.717, 1.165) is 31.2 Å². The molecule has 0 saturated carbocycles. The van der Waals surface area contributed by atoms with E-state index in [0.29, 0.717) is 0 Å². The third-order valence-corrected chi connectivity index (χ3v) is 3.11. The molecule has 0 bridgehead atoms. The summed E-state index contributed by atoms with van der Waals surface area (Å²) in [7, 11) is -4.17. The van der Waals surface area contributed by atoms with Crippen molar-refractivity contribution in [3.05, 3.63) is 30.1 Å². The molecule has 0 amide bonds. The minimum absolute atomic E-state index is 0.290. The van der Waals surface area contributed by atoms with Crippen LogP contribution >= 0.6 is 0 Å². The van der Waals surface area contributed by atoms with Crippen LogP contribution in [-0.4, -0.2) is 25.6 Å². The van der Waals surface area contributed by atoms with E-state index in [1.54, 1.807) is 0 Å². The Morgan fingerprint density at radius 3 is 2.31 bits per heavy atom. The van der Waals surface area contributed by atoms with E-state index < -0.39 is 28.0 Å². The van der Waals surface area contributed by atoms with Gasteiger partial charge in [-0.05, 0) is 31.2 Å². The highest BCUT2D eigenvalue weighted by Gasteiger charge is 2.23. The zero-order valence-electron chi connectivity index (χ0n) is 8.25. The monoisotopic (exact) mass is 248 g/mol. The molecule has 1 aromatic rings. The van der Waals surface area contributed by atoms with Gasteiger partial charge in [-0.15, -0.1) is 0 Å². The van der Waals surface area contributed by atoms with E-state index in [1.807, 2.05) is 0 Å². The Morgan fingerprint density at radius 1 is 1.38 bits per heavy atom. The Hall–Kier alpha value is -1.47. The highest BCUT2D eigenvalue weighted by atomic mass is 32.2. The minimum atomic E-state index is -4.17. The van der Waals surface area contributed by atoms with Gasteiger partial charge in [0.2, 0.25) is 0 Å². The van der Waals surface area contributed by atoms with Gasteiger partial charge in [0.1, 0.15) is 5.82 Å². The van der Waals surface area contributed by atoms with Crippen LogP contribution in [0.1, 0.15) is 6.92 Å². The molecule has 88 valence electrons. The second kappa shape index (κ2) is 4.58. The van der Waals surface area contributed by atoms with Gasteiger partial charge in [0.05, 0.1) is 4.90 Å². The van der Waals surface area contributed by atoms with Crippen molar-refractivity contribution in [2.45, 2.75) is 17.9 Å². The zero-order chi connectivity index (χ0) is 12.3. The van der Waals surface area contributed by atoms with Crippen LogP contribution in [0.25, 0.3) is 0 Å². The Kier molecular flexibility index (Phi) is 3.61. The van der Waals surface area contributed by atoms with Crippen molar-refractivity contribution in [3.63, 3.8) is 0 Å². The molecule has 0 aliphatic rings. The Balaban J connectivity index is 2.94. The number of aliphatic carboxylic acids is 1. The summed E-state index contributed by atoms with van der Waals surface area (Å²) in [6, 6.07) is 3.89. The topological polar surface area (TPSA) is 80.7 Å². The third kappa shape index (κ3) is 3.01. The van der Waals surface area contributed by atoms with E-state index in [9.17, 15) is 17.6 Å². The summed E-state index contributed by atoms with van der Waals surface area (Å²) in [5.74, 6) is -1.99. The molecule has 1 rings (SSSR count). The second-order valence-electron chi connectivity index (χ2n) is 2.98. The van der Waals surface area contributed by atoms with Crippen molar-refractivity contribution in [2.75, 3.05) is 0 Å². The third-order valence-electron chi connectivity index (χ3n) is 1.72. The van der Waals surface area contributed by atoms with Crippen LogP contribution in [0.15, 0.2) is 29.2 Å². The predicted octanol–water partition coefficient (Wildman–Crippen LogP) is 1.00. The summed E-state index contributed by atoms with van der Waals surface area (Å²) in [6.07, 6.45) is -1.49. The Labute approximate surface area is 91.6 Å². The van der Waals surface area contributed by atoms with Gasteiger partial charge in [-0.2, -0.15) is 8.42 Å². The molecule has 0 fully saturated rings. The molecule has 1 atom stereocenters. The molecule has 1 N–H and O–H groups in total. The van der Waals surface area contributed by atoms with E-state index in [2.05, 4.69) is 4.18 Å². The fourth-order valence-corrected chi connectivity index (χ4v) is 1.93. The average Bonchev–Trinajstić information content (AvgIpc) is 2.17. The number of benzene rings is 1. The Bertz CT molecular complexity index is 479. The summed E-state index contributed by atoms with van der Waals surface area (Å²) in [5, 5.41) is 8.49. The van der Waals surface area contributed by atoms with Crippen LogP contribution in [0.4, 0.5) is 4.39 Å². The van der Waals surface area contributed by atoms with E-state index in [1.165, 1.54) is 0 Å². The number of carbonyl (C=O) groups is 1. The lowest BCUT2D eigenvalue weighted by Gasteiger charge is -2.08. The van der Waals surface area contributed by atoms with Gasteiger partial charge in [-0.1, -0.05) is 0 Å². The molecule has 0 aliphatic carbocycles. The summed E-state index contributed by atoms with van der Waals surface area (Å²) >= 11 is 0. The maximum atomic E-state index is 12.5. The standard InChI is InChI=1S/C9H9FO5S/c1-6(9(11)12)15-16(13,14)8-4-2-7(10)3-5-8/h2-6H,1H3,(H,11,12). The molecule has 0 saturated heterocycles. The molecular weight excluding hydrogens is 239 g/mol. The maximum absolute atomic E-state index is 12.5. The summed E-state index contributed by atoms with van der Waals surface area (Å²) < 4.78 is 39.8. The lowest BCUT2D eigenvalue weighted by molar-refractivity contribution is -0.144. The summed E-state index contributed by atoms with van der Waals surface area (Å²) in [5.41, 5.74) is 0. The number of carboxylic acids is 1. The van der Waals surface area contributed by atoms with Gasteiger partial charge >= 0.3 is 5.97 Å². The smallest absolute Gasteiger partial charge is 0.334 e. The molecule has 1 unspecified atom stereocenters. The molecule has 0 aromatic heterocycles. The van der Waals surface area contributed by atoms with Crippen molar-refractivity contribution in [2.24, 2.45) is 0 Å². The number of halogens is 1. The molecule has 5 nitrogen and oxygen atoms in total. The van der Waals surface area contributed by atoms with Crippen molar-refractivity contribution in [1.82, 2.24) is 0 Å². The van der Waals surface area contributed by atoms with E-state index in [-0.39, 0.29) is 4.90 Å². The average molecular weight is 248 g/mol. The van der Waals surface area contributed by atoms with Gasteiger partial charge in [0.25, 0.3) is 10.1 Å². The molecule has 7 heteroatoms. The number of hydrogen-bond acceptors (Lipinski definition) is 4. The van der Waals surface area contributed by atoms with Gasteiger partial charge in [-0.25, -0.2) is 9.18 Å². The van der Waals surface area contributed by atoms with Gasteiger partial charge in [0, 0.05) is 0 Å². The first kappa shape index (κ1) is 12.6. The van der Waals surface area contributed by atoms with Gasteiger partial charge in [0.15, 0.2) is 6.10 Å². The van der Waals surface area contributed by atoms with Crippen LogP contribution < -0.4 is 0 Å². The SMILES string of the molecule is CC(OS(=O)(=O)c1ccc(F)cc1)C(=O)O. The van der Waals surface area contributed by atoms with Crippen molar-refractivity contribution < 1.29 is 26.9 Å². The molecule has 1 aromatic carbocycles. The molecule has 0 heterocycles. The lowest BCUT2D eigenvalue weighted by atomic mass is 10.4. The number of rotatable bonds is 4. The van der Waals surface area contributed by atoms with E-state index in [4.69, 9.17) is 5.11 Å². The first-order valence-electron chi connectivity index (χ1n) is 4.24. The molecule has 16 heavy (non-hydrogen) atoms. The Morgan fingerprint density at radius 2 is 1.88 bits per heavy atom. The van der Waals surface area contributed by atoms with Crippen molar-refractivity contribution >= 4 is 16.1 Å². The maximum Gasteiger partial charge on any atom is 0.334 e. The predicted molar refractivity (Wildman–Crippen MR) is 51.8 cm³/mol. The van der Waals surface area contributed by atoms with E-state index >= 15 is 0 Å². The second-order valence-corrected chi connectivity index (χ2v) is 4.56. The quantitative estimate of drug-likeness (QED) is 0.804. The normalized spacial score (nSPS) is 13.4. The first-order valence-corrected chi connectivity index (χ1v) is 5.65. The van der Waals surface area contributed by atoms with Crippen LogP contribution in [0, 0.1) is 5.82 Å². The number of carboxylic acid groups (broad SMARTS) is 1. The molecule has 0 aliphatic heterocycles. The zero-order valence-corrected chi connectivity index (χ0v) is 9.07. The fourth-order valence-electron chi connectivity index (χ4n) is 0.888. The minimum Gasteiger partial charge on any atom is -0.479 e. The van der Waals surface area contributed by atoms with Crippen molar-refractivity contribution in [1.29, 1.82) is 0 Å². The lowest BCUT2D eigenvalue weighted by Crippen LogP contribution is -2.23. The van der Waals surface area contributed by atoms with Crippen LogP contribution in [0.2, 0.25) is 0 Å². The molecule has 0 spiro atoms. The summed E-state index contributed by atoms with van der Waals surface area (Å²) in [4.78, 5) is 10.1.